The molecule has 0 spiro atoms. The van der Waals surface area contributed by atoms with Crippen LogP contribution in [0.15, 0.2) is 24.3 Å². The second-order valence-corrected chi connectivity index (χ2v) is 4.42. The second kappa shape index (κ2) is 6.93. The summed E-state index contributed by atoms with van der Waals surface area (Å²) in [5.74, 6) is 4.22. The van der Waals surface area contributed by atoms with Crippen molar-refractivity contribution < 1.29 is 9.47 Å². The lowest BCUT2D eigenvalue weighted by Gasteiger charge is -2.19. The Morgan fingerprint density at radius 1 is 1.22 bits per heavy atom. The molecular formula is C15H21NO2. The molecule has 1 N–H and O–H groups in total. The molecule has 1 rings (SSSR count). The molecule has 0 fully saturated rings. The molecule has 0 radical (unpaired) electrons. The predicted octanol–water partition coefficient (Wildman–Crippen LogP) is 2.47. The summed E-state index contributed by atoms with van der Waals surface area (Å²) in [5.41, 5.74) is -0.303. The van der Waals surface area contributed by atoms with Crippen LogP contribution in [0.25, 0.3) is 0 Å². The van der Waals surface area contributed by atoms with E-state index < -0.39 is 0 Å². The Bertz CT molecular complexity index is 407. The molecule has 3 nitrogen and oxygen atoms in total. The van der Waals surface area contributed by atoms with Gasteiger partial charge in [-0.3, -0.25) is 5.32 Å². The summed E-state index contributed by atoms with van der Waals surface area (Å²) >= 11 is 0. The molecule has 98 valence electrons. The fourth-order valence-corrected chi connectivity index (χ4v) is 1.42. The zero-order valence-electron chi connectivity index (χ0n) is 11.3. The Morgan fingerprint density at radius 2 is 1.83 bits per heavy atom. The summed E-state index contributed by atoms with van der Waals surface area (Å²) in [6.45, 7) is 7.74. The van der Waals surface area contributed by atoms with Gasteiger partial charge in [0.2, 0.25) is 0 Å². The van der Waals surface area contributed by atoms with Crippen LogP contribution in [0.2, 0.25) is 0 Å². The van der Waals surface area contributed by atoms with Gasteiger partial charge in [-0.05, 0) is 32.9 Å². The maximum absolute atomic E-state index is 5.67. The number of ether oxygens (including phenoxy) is 2. The minimum Gasteiger partial charge on any atom is -0.490 e. The topological polar surface area (TPSA) is 30.5 Å². The zero-order valence-corrected chi connectivity index (χ0v) is 11.3. The van der Waals surface area contributed by atoms with E-state index in [1.807, 2.05) is 45.0 Å². The van der Waals surface area contributed by atoms with Crippen molar-refractivity contribution in [2.24, 2.45) is 0 Å². The highest BCUT2D eigenvalue weighted by Gasteiger charge is 2.11. The number of rotatable bonds is 7. The highest BCUT2D eigenvalue weighted by molar-refractivity contribution is 5.39. The monoisotopic (exact) mass is 247 g/mol. The molecule has 0 aromatic heterocycles. The maximum Gasteiger partial charge on any atom is 0.161 e. The van der Waals surface area contributed by atoms with E-state index in [-0.39, 0.29) is 5.54 Å². The van der Waals surface area contributed by atoms with Gasteiger partial charge in [0.15, 0.2) is 11.5 Å². The zero-order chi connectivity index (χ0) is 13.4. The average Bonchev–Trinajstić information content (AvgIpc) is 2.37. The van der Waals surface area contributed by atoms with Crippen LogP contribution in [0.3, 0.4) is 0 Å². The normalized spacial score (nSPS) is 10.8. The third kappa shape index (κ3) is 4.68. The van der Waals surface area contributed by atoms with Crippen molar-refractivity contribution in [3.63, 3.8) is 0 Å². The van der Waals surface area contributed by atoms with E-state index in [2.05, 4.69) is 11.2 Å². The molecule has 0 saturated heterocycles. The summed E-state index contributed by atoms with van der Waals surface area (Å²) in [6, 6.07) is 7.66. The third-order valence-electron chi connectivity index (χ3n) is 2.44. The van der Waals surface area contributed by atoms with E-state index >= 15 is 0 Å². The molecular weight excluding hydrogens is 226 g/mol. The van der Waals surface area contributed by atoms with Crippen LogP contribution in [-0.2, 0) is 0 Å². The van der Waals surface area contributed by atoms with Crippen molar-refractivity contribution >= 4 is 0 Å². The van der Waals surface area contributed by atoms with Crippen LogP contribution in [0, 0.1) is 12.3 Å². The van der Waals surface area contributed by atoms with Gasteiger partial charge in [-0.15, -0.1) is 6.42 Å². The van der Waals surface area contributed by atoms with Crippen LogP contribution >= 0.6 is 0 Å². The molecule has 3 heteroatoms. The number of para-hydroxylation sites is 2. The number of terminal acetylenes is 1. The molecule has 0 aliphatic heterocycles. The van der Waals surface area contributed by atoms with Gasteiger partial charge in [-0.1, -0.05) is 18.1 Å². The minimum atomic E-state index is -0.303. The van der Waals surface area contributed by atoms with Crippen molar-refractivity contribution in [3.8, 4) is 23.8 Å². The van der Waals surface area contributed by atoms with Gasteiger partial charge in [-0.25, -0.2) is 0 Å². The molecule has 0 saturated carbocycles. The smallest absolute Gasteiger partial charge is 0.161 e. The number of benzene rings is 1. The van der Waals surface area contributed by atoms with Crippen molar-refractivity contribution in [1.82, 2.24) is 5.32 Å². The lowest BCUT2D eigenvalue weighted by molar-refractivity contribution is 0.269. The van der Waals surface area contributed by atoms with E-state index in [0.717, 1.165) is 11.5 Å². The standard InChI is InChI=1S/C15H21NO2/c1-5-15(3,4)16-11-12-18-14-10-8-7-9-13(14)17-6-2/h1,7-10,16H,6,11-12H2,2-4H3. The summed E-state index contributed by atoms with van der Waals surface area (Å²) < 4.78 is 11.2. The van der Waals surface area contributed by atoms with Gasteiger partial charge in [0.1, 0.15) is 6.61 Å². The van der Waals surface area contributed by atoms with E-state index in [4.69, 9.17) is 15.9 Å². The van der Waals surface area contributed by atoms with Crippen molar-refractivity contribution in [2.45, 2.75) is 26.3 Å². The number of nitrogens with one attached hydrogen (secondary N) is 1. The average molecular weight is 247 g/mol. The van der Waals surface area contributed by atoms with E-state index in [0.29, 0.717) is 19.8 Å². The van der Waals surface area contributed by atoms with Gasteiger partial charge in [-0.2, -0.15) is 0 Å². The van der Waals surface area contributed by atoms with Gasteiger partial charge in [0.05, 0.1) is 12.1 Å². The van der Waals surface area contributed by atoms with Gasteiger partial charge >= 0.3 is 0 Å². The van der Waals surface area contributed by atoms with Crippen molar-refractivity contribution in [1.29, 1.82) is 0 Å². The van der Waals surface area contributed by atoms with Crippen LogP contribution in [0.1, 0.15) is 20.8 Å². The van der Waals surface area contributed by atoms with E-state index in [9.17, 15) is 0 Å². The fraction of sp³-hybridized carbons (Fsp3) is 0.467. The molecule has 0 atom stereocenters. The maximum atomic E-state index is 5.67. The Labute approximate surface area is 109 Å². The first-order chi connectivity index (χ1) is 8.59. The molecule has 0 bridgehead atoms. The number of hydrogen-bond donors (Lipinski definition) is 1. The molecule has 1 aromatic rings. The van der Waals surface area contributed by atoms with Gasteiger partial charge < -0.3 is 9.47 Å². The first-order valence-electron chi connectivity index (χ1n) is 6.16. The summed E-state index contributed by atoms with van der Waals surface area (Å²) in [4.78, 5) is 0. The molecule has 0 heterocycles. The first-order valence-corrected chi connectivity index (χ1v) is 6.16. The third-order valence-corrected chi connectivity index (χ3v) is 2.44. The molecule has 0 aliphatic rings. The molecule has 1 aromatic carbocycles. The molecule has 18 heavy (non-hydrogen) atoms. The van der Waals surface area contributed by atoms with Crippen LogP contribution in [0.4, 0.5) is 0 Å². The largest absolute Gasteiger partial charge is 0.490 e. The Kier molecular flexibility index (Phi) is 5.54. The summed E-state index contributed by atoms with van der Waals surface area (Å²) in [7, 11) is 0. The van der Waals surface area contributed by atoms with E-state index in [1.54, 1.807) is 0 Å². The number of hydrogen-bond acceptors (Lipinski definition) is 3. The van der Waals surface area contributed by atoms with Crippen LogP contribution in [0.5, 0.6) is 11.5 Å². The van der Waals surface area contributed by atoms with Gasteiger partial charge in [0.25, 0.3) is 0 Å². The van der Waals surface area contributed by atoms with Crippen molar-refractivity contribution in [3.05, 3.63) is 24.3 Å². The first kappa shape index (κ1) is 14.4. The van der Waals surface area contributed by atoms with E-state index in [1.165, 1.54) is 0 Å². The minimum absolute atomic E-state index is 0.303. The molecule has 0 aliphatic carbocycles. The second-order valence-electron chi connectivity index (χ2n) is 4.42. The Balaban J connectivity index is 2.42. The van der Waals surface area contributed by atoms with Crippen molar-refractivity contribution in [2.75, 3.05) is 19.8 Å². The SMILES string of the molecule is C#CC(C)(C)NCCOc1ccccc1OCC. The lowest BCUT2D eigenvalue weighted by Crippen LogP contribution is -2.40. The Hall–Kier alpha value is -1.66. The summed E-state index contributed by atoms with van der Waals surface area (Å²) in [6.07, 6.45) is 5.39. The molecule has 0 amide bonds. The fourth-order valence-electron chi connectivity index (χ4n) is 1.42. The van der Waals surface area contributed by atoms with Crippen LogP contribution in [-0.4, -0.2) is 25.3 Å². The highest BCUT2D eigenvalue weighted by atomic mass is 16.5. The Morgan fingerprint density at radius 3 is 2.39 bits per heavy atom. The highest BCUT2D eigenvalue weighted by Crippen LogP contribution is 2.26. The predicted molar refractivity (Wildman–Crippen MR) is 74.0 cm³/mol. The molecule has 0 unspecified atom stereocenters. The van der Waals surface area contributed by atoms with Crippen LogP contribution < -0.4 is 14.8 Å². The lowest BCUT2D eigenvalue weighted by atomic mass is 10.1. The quantitative estimate of drug-likeness (QED) is 0.593. The summed E-state index contributed by atoms with van der Waals surface area (Å²) in [5, 5.41) is 3.23. The van der Waals surface area contributed by atoms with Gasteiger partial charge in [0, 0.05) is 6.54 Å².